The minimum atomic E-state index is 0.0384. The van der Waals surface area contributed by atoms with E-state index in [4.69, 9.17) is 4.74 Å². The largest absolute Gasteiger partial charge is 0.494 e. The standard InChI is InChI=1S/C16H26N2O2/c1-5-20-15-8-6-14(7-9-15)13(4)17-11-16(19)18-10-12(2)3/h6-9,12-13,17H,5,10-11H2,1-4H3,(H,18,19). The van der Waals surface area contributed by atoms with Crippen LogP contribution in [0.15, 0.2) is 24.3 Å². The molecular weight excluding hydrogens is 252 g/mol. The number of carbonyl (C=O) groups is 1. The lowest BCUT2D eigenvalue weighted by molar-refractivity contribution is -0.120. The predicted molar refractivity (Wildman–Crippen MR) is 81.9 cm³/mol. The highest BCUT2D eigenvalue weighted by Gasteiger charge is 2.08. The van der Waals surface area contributed by atoms with Gasteiger partial charge in [0, 0.05) is 12.6 Å². The van der Waals surface area contributed by atoms with Crippen LogP contribution in [0.1, 0.15) is 39.3 Å². The third kappa shape index (κ3) is 6.06. The summed E-state index contributed by atoms with van der Waals surface area (Å²) < 4.78 is 5.41. The van der Waals surface area contributed by atoms with Gasteiger partial charge < -0.3 is 15.4 Å². The van der Waals surface area contributed by atoms with Crippen molar-refractivity contribution in [3.8, 4) is 5.75 Å². The molecule has 1 amide bonds. The van der Waals surface area contributed by atoms with Crippen LogP contribution in [0.5, 0.6) is 5.75 Å². The molecule has 0 fully saturated rings. The van der Waals surface area contributed by atoms with Crippen molar-refractivity contribution in [2.75, 3.05) is 19.7 Å². The van der Waals surface area contributed by atoms with Crippen LogP contribution in [0.25, 0.3) is 0 Å². The van der Waals surface area contributed by atoms with Gasteiger partial charge in [0.25, 0.3) is 0 Å². The first kappa shape index (κ1) is 16.5. The summed E-state index contributed by atoms with van der Waals surface area (Å²) in [5, 5.41) is 6.11. The van der Waals surface area contributed by atoms with E-state index >= 15 is 0 Å². The second-order valence-corrected chi connectivity index (χ2v) is 5.30. The Bertz CT molecular complexity index is 401. The van der Waals surface area contributed by atoms with Crippen LogP contribution in [0.2, 0.25) is 0 Å². The van der Waals surface area contributed by atoms with E-state index in [-0.39, 0.29) is 11.9 Å². The van der Waals surface area contributed by atoms with Gasteiger partial charge in [0.05, 0.1) is 13.2 Å². The quantitative estimate of drug-likeness (QED) is 0.768. The topological polar surface area (TPSA) is 50.4 Å². The van der Waals surface area contributed by atoms with E-state index in [9.17, 15) is 4.79 Å². The molecule has 2 N–H and O–H groups in total. The molecule has 1 rings (SSSR count). The highest BCUT2D eigenvalue weighted by molar-refractivity contribution is 5.78. The third-order valence-electron chi connectivity index (χ3n) is 2.97. The van der Waals surface area contributed by atoms with Gasteiger partial charge in [0.1, 0.15) is 5.75 Å². The van der Waals surface area contributed by atoms with Crippen molar-refractivity contribution in [3.63, 3.8) is 0 Å². The summed E-state index contributed by atoms with van der Waals surface area (Å²) in [7, 11) is 0. The van der Waals surface area contributed by atoms with Gasteiger partial charge in [-0.2, -0.15) is 0 Å². The molecular formula is C16H26N2O2. The Labute approximate surface area is 121 Å². The fourth-order valence-corrected chi connectivity index (χ4v) is 1.76. The van der Waals surface area contributed by atoms with Crippen LogP contribution in [-0.2, 0) is 4.79 Å². The highest BCUT2D eigenvalue weighted by atomic mass is 16.5. The average molecular weight is 278 g/mol. The minimum Gasteiger partial charge on any atom is -0.494 e. The van der Waals surface area contributed by atoms with Crippen LogP contribution in [0.3, 0.4) is 0 Å². The summed E-state index contributed by atoms with van der Waals surface area (Å²) in [6.45, 7) is 9.90. The lowest BCUT2D eigenvalue weighted by atomic mass is 10.1. The third-order valence-corrected chi connectivity index (χ3v) is 2.97. The first-order chi connectivity index (χ1) is 9.52. The fourth-order valence-electron chi connectivity index (χ4n) is 1.76. The summed E-state index contributed by atoms with van der Waals surface area (Å²) in [5.74, 6) is 1.39. The Morgan fingerprint density at radius 1 is 1.20 bits per heavy atom. The van der Waals surface area contributed by atoms with E-state index in [1.54, 1.807) is 0 Å². The van der Waals surface area contributed by atoms with Crippen molar-refractivity contribution in [2.45, 2.75) is 33.7 Å². The van der Waals surface area contributed by atoms with Crippen molar-refractivity contribution >= 4 is 5.91 Å². The van der Waals surface area contributed by atoms with Crippen molar-refractivity contribution in [3.05, 3.63) is 29.8 Å². The van der Waals surface area contributed by atoms with Gasteiger partial charge in [0.15, 0.2) is 0 Å². The maximum Gasteiger partial charge on any atom is 0.233 e. The highest BCUT2D eigenvalue weighted by Crippen LogP contribution is 2.17. The molecule has 0 bridgehead atoms. The first-order valence-electron chi connectivity index (χ1n) is 7.25. The molecule has 0 saturated heterocycles. The van der Waals surface area contributed by atoms with Crippen molar-refractivity contribution in [1.29, 1.82) is 0 Å². The number of hydrogen-bond acceptors (Lipinski definition) is 3. The molecule has 20 heavy (non-hydrogen) atoms. The van der Waals surface area contributed by atoms with Gasteiger partial charge in [-0.3, -0.25) is 4.79 Å². The predicted octanol–water partition coefficient (Wildman–Crippen LogP) is 2.51. The van der Waals surface area contributed by atoms with Crippen molar-refractivity contribution < 1.29 is 9.53 Å². The van der Waals surface area contributed by atoms with E-state index in [1.807, 2.05) is 38.1 Å². The molecule has 4 nitrogen and oxygen atoms in total. The molecule has 0 aliphatic heterocycles. The fraction of sp³-hybridized carbons (Fsp3) is 0.562. The Morgan fingerprint density at radius 3 is 2.40 bits per heavy atom. The zero-order chi connectivity index (χ0) is 15.0. The zero-order valence-electron chi connectivity index (χ0n) is 12.9. The molecule has 112 valence electrons. The summed E-state index contributed by atoms with van der Waals surface area (Å²) in [6, 6.07) is 8.09. The maximum atomic E-state index is 11.6. The SMILES string of the molecule is CCOc1ccc(C(C)NCC(=O)NCC(C)C)cc1. The van der Waals surface area contributed by atoms with E-state index < -0.39 is 0 Å². The summed E-state index contributed by atoms with van der Waals surface area (Å²) in [5.41, 5.74) is 1.14. The normalized spacial score (nSPS) is 12.2. The Kier molecular flexibility index (Phi) is 7.09. The summed E-state index contributed by atoms with van der Waals surface area (Å²) in [6.07, 6.45) is 0. The first-order valence-corrected chi connectivity index (χ1v) is 7.25. The Morgan fingerprint density at radius 2 is 1.85 bits per heavy atom. The number of amides is 1. The van der Waals surface area contributed by atoms with Gasteiger partial charge in [-0.15, -0.1) is 0 Å². The van der Waals surface area contributed by atoms with E-state index in [0.29, 0.717) is 19.1 Å². The average Bonchev–Trinajstić information content (AvgIpc) is 2.43. The number of benzene rings is 1. The number of carbonyl (C=O) groups excluding carboxylic acids is 1. The minimum absolute atomic E-state index is 0.0384. The van der Waals surface area contributed by atoms with E-state index in [0.717, 1.165) is 17.9 Å². The monoisotopic (exact) mass is 278 g/mol. The van der Waals surface area contributed by atoms with Crippen LogP contribution < -0.4 is 15.4 Å². The molecule has 0 radical (unpaired) electrons. The second-order valence-electron chi connectivity index (χ2n) is 5.30. The van der Waals surface area contributed by atoms with Crippen molar-refractivity contribution in [1.82, 2.24) is 10.6 Å². The van der Waals surface area contributed by atoms with Crippen LogP contribution in [-0.4, -0.2) is 25.6 Å². The van der Waals surface area contributed by atoms with Gasteiger partial charge >= 0.3 is 0 Å². The number of hydrogen-bond donors (Lipinski definition) is 2. The summed E-state index contributed by atoms with van der Waals surface area (Å²) in [4.78, 5) is 11.6. The molecule has 0 aliphatic carbocycles. The van der Waals surface area contributed by atoms with Gasteiger partial charge in [-0.1, -0.05) is 26.0 Å². The van der Waals surface area contributed by atoms with Crippen LogP contribution in [0.4, 0.5) is 0 Å². The molecule has 0 spiro atoms. The number of rotatable bonds is 8. The van der Waals surface area contributed by atoms with Gasteiger partial charge in [-0.25, -0.2) is 0 Å². The Balaban J connectivity index is 2.38. The Hall–Kier alpha value is -1.55. The molecule has 0 aromatic heterocycles. The van der Waals surface area contributed by atoms with Crippen LogP contribution >= 0.6 is 0 Å². The summed E-state index contributed by atoms with van der Waals surface area (Å²) >= 11 is 0. The van der Waals surface area contributed by atoms with Gasteiger partial charge in [-0.05, 0) is 37.5 Å². The van der Waals surface area contributed by atoms with E-state index in [1.165, 1.54) is 0 Å². The van der Waals surface area contributed by atoms with Crippen molar-refractivity contribution in [2.24, 2.45) is 5.92 Å². The smallest absolute Gasteiger partial charge is 0.233 e. The molecule has 0 heterocycles. The number of ether oxygens (including phenoxy) is 1. The zero-order valence-corrected chi connectivity index (χ0v) is 12.9. The van der Waals surface area contributed by atoms with E-state index in [2.05, 4.69) is 24.5 Å². The molecule has 1 aromatic rings. The maximum absolute atomic E-state index is 11.6. The molecule has 0 aliphatic rings. The van der Waals surface area contributed by atoms with Crippen LogP contribution in [0, 0.1) is 5.92 Å². The number of nitrogens with one attached hydrogen (secondary N) is 2. The lowest BCUT2D eigenvalue weighted by Crippen LogP contribution is -2.36. The molecule has 1 unspecified atom stereocenters. The molecule has 4 heteroatoms. The van der Waals surface area contributed by atoms with Gasteiger partial charge in [0.2, 0.25) is 5.91 Å². The second kappa shape index (κ2) is 8.59. The molecule has 1 atom stereocenters. The lowest BCUT2D eigenvalue weighted by Gasteiger charge is -2.15. The molecule has 0 saturated carbocycles. The molecule has 1 aromatic carbocycles.